The number of nitrogens with one attached hydrogen (secondary N) is 3. The lowest BCUT2D eigenvalue weighted by Crippen LogP contribution is -3.12. The number of rotatable bonds is 5. The second kappa shape index (κ2) is 7.95. The van der Waals surface area contributed by atoms with E-state index in [9.17, 15) is 9.59 Å². The third-order valence-electron chi connectivity index (χ3n) is 4.53. The maximum atomic E-state index is 12.4. The molecule has 0 radical (unpaired) electrons. The zero-order chi connectivity index (χ0) is 18.6. The Labute approximate surface area is 159 Å². The van der Waals surface area contributed by atoms with Crippen molar-refractivity contribution in [3.63, 3.8) is 0 Å². The van der Waals surface area contributed by atoms with Gasteiger partial charge in [-0.1, -0.05) is 18.2 Å². The number of carbonyl (C=O) groups excluding carboxylic acids is 1. The van der Waals surface area contributed by atoms with Crippen LogP contribution in [0.25, 0.3) is 10.8 Å². The smallest absolute Gasteiger partial charge is 0.272 e. The highest BCUT2D eigenvalue weighted by molar-refractivity contribution is 7.13. The molecule has 0 aliphatic carbocycles. The van der Waals surface area contributed by atoms with Crippen molar-refractivity contribution in [2.75, 3.05) is 31.6 Å². The van der Waals surface area contributed by atoms with Crippen LogP contribution in [0.5, 0.6) is 0 Å². The number of quaternary nitrogens is 1. The molecule has 3 aromatic rings. The van der Waals surface area contributed by atoms with Crippen LogP contribution in [0, 0.1) is 0 Å². The van der Waals surface area contributed by atoms with E-state index in [0.717, 1.165) is 38.5 Å². The zero-order valence-corrected chi connectivity index (χ0v) is 15.5. The maximum Gasteiger partial charge on any atom is 0.272 e. The number of thiazole rings is 1. The minimum Gasteiger partial charge on any atom is -0.370 e. The minimum absolute atomic E-state index is 0.0704. The largest absolute Gasteiger partial charge is 0.370 e. The van der Waals surface area contributed by atoms with Gasteiger partial charge < -0.3 is 15.0 Å². The zero-order valence-electron chi connectivity index (χ0n) is 14.7. The van der Waals surface area contributed by atoms with E-state index >= 15 is 0 Å². The Morgan fingerprint density at radius 2 is 2.04 bits per heavy atom. The van der Waals surface area contributed by atoms with E-state index in [1.165, 1.54) is 16.2 Å². The number of fused-ring (bicyclic) bond motifs is 1. The third kappa shape index (κ3) is 4.21. The predicted molar refractivity (Wildman–Crippen MR) is 102 cm³/mol. The predicted octanol–water partition coefficient (Wildman–Crippen LogP) is -0.0241. The van der Waals surface area contributed by atoms with Gasteiger partial charge >= 0.3 is 0 Å². The number of anilines is 1. The summed E-state index contributed by atoms with van der Waals surface area (Å²) in [6, 6.07) is 7.13. The average Bonchev–Trinajstić information content (AvgIpc) is 3.12. The van der Waals surface area contributed by atoms with Gasteiger partial charge in [-0.2, -0.15) is 5.10 Å². The number of hydrogen-bond acceptors (Lipinski definition) is 6. The van der Waals surface area contributed by atoms with E-state index in [1.807, 2.05) is 11.4 Å². The van der Waals surface area contributed by atoms with Gasteiger partial charge in [0.2, 0.25) is 5.91 Å². The van der Waals surface area contributed by atoms with Crippen LogP contribution >= 0.6 is 11.3 Å². The van der Waals surface area contributed by atoms with Crippen LogP contribution in [0.2, 0.25) is 0 Å². The Morgan fingerprint density at radius 3 is 2.85 bits per heavy atom. The second-order valence-corrected chi connectivity index (χ2v) is 7.31. The molecule has 4 rings (SSSR count). The Bertz CT molecular complexity index is 1010. The molecule has 0 atom stereocenters. The number of benzene rings is 1. The van der Waals surface area contributed by atoms with Gasteiger partial charge in [0.1, 0.15) is 25.3 Å². The lowest BCUT2D eigenvalue weighted by atomic mass is 10.1. The van der Waals surface area contributed by atoms with Crippen LogP contribution in [0.3, 0.4) is 0 Å². The molecule has 140 valence electrons. The number of morpholine rings is 1. The molecule has 0 spiro atoms. The standard InChI is InChI=1S/C18H19N5O3S/c24-16(9-15-13-3-1-2-4-14(13)17(25)22-21-15)20-18-19-12(11-27-18)10-23-5-7-26-8-6-23/h1-4,11H,5-10H2,(H,22,25)(H,19,20,24)/p+1. The SMILES string of the molecule is O=C(Cc1n[nH]c(=O)c2ccccc12)Nc1nc(C[NH+]2CCOCC2)cs1. The molecule has 8 nitrogen and oxygen atoms in total. The van der Waals surface area contributed by atoms with E-state index in [0.29, 0.717) is 21.6 Å². The molecule has 0 bridgehead atoms. The topological polar surface area (TPSA) is 101 Å². The van der Waals surface area contributed by atoms with E-state index in [1.54, 1.807) is 18.2 Å². The first-order chi connectivity index (χ1) is 13.2. The Morgan fingerprint density at radius 1 is 1.26 bits per heavy atom. The summed E-state index contributed by atoms with van der Waals surface area (Å²) in [6.07, 6.45) is 0.0704. The molecule has 3 heterocycles. The molecular formula is C18H20N5O3S+. The van der Waals surface area contributed by atoms with E-state index < -0.39 is 0 Å². The van der Waals surface area contributed by atoms with Gasteiger partial charge in [0, 0.05) is 10.8 Å². The van der Waals surface area contributed by atoms with Crippen molar-refractivity contribution in [3.8, 4) is 0 Å². The highest BCUT2D eigenvalue weighted by Gasteiger charge is 2.17. The van der Waals surface area contributed by atoms with Crippen LogP contribution in [0.1, 0.15) is 11.4 Å². The Hall–Kier alpha value is -2.62. The summed E-state index contributed by atoms with van der Waals surface area (Å²) < 4.78 is 5.37. The molecule has 2 aromatic heterocycles. The van der Waals surface area contributed by atoms with Gasteiger partial charge in [0.05, 0.1) is 30.7 Å². The summed E-state index contributed by atoms with van der Waals surface area (Å²) in [6.45, 7) is 4.35. The summed E-state index contributed by atoms with van der Waals surface area (Å²) in [5, 5.41) is 13.1. The van der Waals surface area contributed by atoms with Crippen molar-refractivity contribution >= 4 is 33.1 Å². The lowest BCUT2D eigenvalue weighted by Gasteiger charge is -2.22. The molecule has 1 fully saturated rings. The number of amides is 1. The first-order valence-electron chi connectivity index (χ1n) is 8.81. The molecular weight excluding hydrogens is 366 g/mol. The van der Waals surface area contributed by atoms with Crippen molar-refractivity contribution in [2.24, 2.45) is 0 Å². The lowest BCUT2D eigenvalue weighted by molar-refractivity contribution is -0.921. The summed E-state index contributed by atoms with van der Waals surface area (Å²) in [7, 11) is 0. The Kier molecular flexibility index (Phi) is 5.23. The van der Waals surface area contributed by atoms with Gasteiger partial charge in [0.15, 0.2) is 5.13 Å². The highest BCUT2D eigenvalue weighted by Crippen LogP contribution is 2.17. The van der Waals surface area contributed by atoms with Crippen LogP contribution in [-0.4, -0.2) is 47.4 Å². The van der Waals surface area contributed by atoms with Gasteiger partial charge in [-0.3, -0.25) is 9.59 Å². The van der Waals surface area contributed by atoms with Gasteiger partial charge in [-0.05, 0) is 6.07 Å². The third-order valence-corrected chi connectivity index (χ3v) is 5.34. The molecule has 1 saturated heterocycles. The second-order valence-electron chi connectivity index (χ2n) is 6.45. The number of aromatic amines is 1. The van der Waals surface area contributed by atoms with Crippen molar-refractivity contribution in [3.05, 3.63) is 51.4 Å². The molecule has 9 heteroatoms. The molecule has 0 unspecified atom stereocenters. The van der Waals surface area contributed by atoms with E-state index in [-0.39, 0.29) is 17.9 Å². The van der Waals surface area contributed by atoms with Gasteiger partial charge in [0.25, 0.3) is 5.56 Å². The van der Waals surface area contributed by atoms with Crippen molar-refractivity contribution < 1.29 is 14.4 Å². The highest BCUT2D eigenvalue weighted by atomic mass is 32.1. The van der Waals surface area contributed by atoms with Crippen molar-refractivity contribution in [2.45, 2.75) is 13.0 Å². The summed E-state index contributed by atoms with van der Waals surface area (Å²) in [5.41, 5.74) is 1.25. The Balaban J connectivity index is 1.41. The summed E-state index contributed by atoms with van der Waals surface area (Å²) in [5.74, 6) is -0.209. The van der Waals surface area contributed by atoms with Crippen molar-refractivity contribution in [1.82, 2.24) is 15.2 Å². The first-order valence-corrected chi connectivity index (χ1v) is 9.69. The fraction of sp³-hybridized carbons (Fsp3) is 0.333. The molecule has 1 amide bonds. The number of ether oxygens (including phenoxy) is 1. The number of aromatic nitrogens is 3. The maximum absolute atomic E-state index is 12.4. The molecule has 1 aliphatic rings. The monoisotopic (exact) mass is 386 g/mol. The minimum atomic E-state index is -0.259. The number of carbonyl (C=O) groups is 1. The van der Waals surface area contributed by atoms with Gasteiger partial charge in [-0.15, -0.1) is 11.3 Å². The van der Waals surface area contributed by atoms with Crippen LogP contribution in [0.15, 0.2) is 34.4 Å². The number of H-pyrrole nitrogens is 1. The van der Waals surface area contributed by atoms with Crippen LogP contribution in [0.4, 0.5) is 5.13 Å². The summed E-state index contributed by atoms with van der Waals surface area (Å²) >= 11 is 1.42. The molecule has 1 aromatic carbocycles. The van der Waals surface area contributed by atoms with E-state index in [4.69, 9.17) is 4.74 Å². The molecule has 0 saturated carbocycles. The van der Waals surface area contributed by atoms with Crippen LogP contribution in [-0.2, 0) is 22.5 Å². The number of hydrogen-bond donors (Lipinski definition) is 3. The normalized spacial score (nSPS) is 15.1. The fourth-order valence-corrected chi connectivity index (χ4v) is 3.89. The fourth-order valence-electron chi connectivity index (χ4n) is 3.16. The van der Waals surface area contributed by atoms with Crippen molar-refractivity contribution in [1.29, 1.82) is 0 Å². The van der Waals surface area contributed by atoms with Gasteiger partial charge in [-0.25, -0.2) is 10.1 Å². The molecule has 27 heavy (non-hydrogen) atoms. The summed E-state index contributed by atoms with van der Waals surface area (Å²) in [4.78, 5) is 30.2. The molecule has 3 N–H and O–H groups in total. The average molecular weight is 386 g/mol. The number of nitrogens with zero attached hydrogens (tertiary/aromatic N) is 2. The molecule has 1 aliphatic heterocycles. The first kappa shape index (κ1) is 17.8. The van der Waals surface area contributed by atoms with E-state index in [2.05, 4.69) is 20.5 Å². The van der Waals surface area contributed by atoms with Crippen LogP contribution < -0.4 is 15.8 Å². The quantitative estimate of drug-likeness (QED) is 0.572.